The van der Waals surface area contributed by atoms with E-state index in [9.17, 15) is 19.5 Å². The summed E-state index contributed by atoms with van der Waals surface area (Å²) in [6, 6.07) is 3.66. The van der Waals surface area contributed by atoms with E-state index in [1.807, 2.05) is 26.1 Å². The monoisotopic (exact) mass is 547 g/mol. The first-order valence-electron chi connectivity index (χ1n) is 12.3. The van der Waals surface area contributed by atoms with Crippen molar-refractivity contribution >= 4 is 52.2 Å². The first-order chi connectivity index (χ1) is 17.6. The molecule has 3 N–H and O–H groups in total. The van der Waals surface area contributed by atoms with Crippen LogP contribution in [0.1, 0.15) is 44.4 Å². The fourth-order valence-corrected chi connectivity index (χ4v) is 5.23. The maximum absolute atomic E-state index is 12.4. The molecule has 0 radical (unpaired) electrons. The largest absolute Gasteiger partial charge is 0.387 e. The standard InChI is InChI=1S/C26H31Cl2N5O4/c1-26(2,6-3-11-34)13-21(36)29-7-10-33-9-5-20(31-33)16-12-18(27)24(28)25-23(16)17-14-32(22(37)15-35)8-4-19(17)30-25/h5,9,11-12,30,35H,3-4,6-8,10,13-15H2,1-2H3,(H,29,36). The molecule has 0 bridgehead atoms. The molecule has 3 heterocycles. The van der Waals surface area contributed by atoms with Gasteiger partial charge >= 0.3 is 0 Å². The number of hydrogen-bond acceptors (Lipinski definition) is 5. The number of nitrogens with zero attached hydrogens (tertiary/aromatic N) is 3. The average molecular weight is 548 g/mol. The number of aliphatic hydroxyl groups is 1. The molecule has 198 valence electrons. The Labute approximate surface area is 225 Å². The third-order valence-electron chi connectivity index (χ3n) is 6.79. The number of H-pyrrole nitrogens is 1. The molecular formula is C26H31Cl2N5O4. The lowest BCUT2D eigenvalue weighted by Crippen LogP contribution is -2.37. The van der Waals surface area contributed by atoms with Crippen molar-refractivity contribution < 1.29 is 19.5 Å². The molecule has 0 spiro atoms. The fourth-order valence-electron chi connectivity index (χ4n) is 4.83. The van der Waals surface area contributed by atoms with E-state index >= 15 is 0 Å². The zero-order chi connectivity index (χ0) is 26.7. The quantitative estimate of drug-likeness (QED) is 0.334. The molecule has 1 aliphatic rings. The summed E-state index contributed by atoms with van der Waals surface area (Å²) in [6.07, 6.45) is 4.79. The minimum atomic E-state index is -0.533. The smallest absolute Gasteiger partial charge is 0.248 e. The minimum absolute atomic E-state index is 0.0598. The minimum Gasteiger partial charge on any atom is -0.387 e. The van der Waals surface area contributed by atoms with Crippen molar-refractivity contribution in [2.45, 2.75) is 52.6 Å². The number of benzene rings is 1. The molecular weight excluding hydrogens is 517 g/mol. The number of carbonyl (C=O) groups is 3. The second-order valence-corrected chi connectivity index (χ2v) is 10.9. The Morgan fingerprint density at radius 3 is 2.84 bits per heavy atom. The Balaban J connectivity index is 1.52. The van der Waals surface area contributed by atoms with Gasteiger partial charge in [-0.05, 0) is 24.0 Å². The second kappa shape index (κ2) is 11.2. The van der Waals surface area contributed by atoms with Crippen molar-refractivity contribution in [1.82, 2.24) is 25.0 Å². The van der Waals surface area contributed by atoms with Crippen molar-refractivity contribution in [2.24, 2.45) is 5.41 Å². The lowest BCUT2D eigenvalue weighted by atomic mass is 9.84. The number of aliphatic hydroxyl groups excluding tert-OH is 1. The number of aromatic amines is 1. The van der Waals surface area contributed by atoms with E-state index in [0.717, 1.165) is 28.5 Å². The van der Waals surface area contributed by atoms with Gasteiger partial charge in [0.2, 0.25) is 11.8 Å². The molecule has 0 atom stereocenters. The van der Waals surface area contributed by atoms with Gasteiger partial charge in [0.15, 0.2) is 0 Å². The van der Waals surface area contributed by atoms with Gasteiger partial charge in [-0.3, -0.25) is 14.3 Å². The van der Waals surface area contributed by atoms with E-state index in [4.69, 9.17) is 28.3 Å². The summed E-state index contributed by atoms with van der Waals surface area (Å²) in [5, 5.41) is 18.6. The van der Waals surface area contributed by atoms with Gasteiger partial charge in [-0.1, -0.05) is 37.0 Å². The zero-order valence-electron chi connectivity index (χ0n) is 20.9. The third kappa shape index (κ3) is 6.00. The zero-order valence-corrected chi connectivity index (χ0v) is 22.5. The van der Waals surface area contributed by atoms with E-state index in [2.05, 4.69) is 10.3 Å². The molecule has 0 aliphatic carbocycles. The van der Waals surface area contributed by atoms with Gasteiger partial charge in [-0.15, -0.1) is 0 Å². The molecule has 4 rings (SSSR count). The lowest BCUT2D eigenvalue weighted by Gasteiger charge is -2.26. The van der Waals surface area contributed by atoms with Gasteiger partial charge < -0.3 is 25.1 Å². The summed E-state index contributed by atoms with van der Waals surface area (Å²) in [5.74, 6) is -0.379. The highest BCUT2D eigenvalue weighted by molar-refractivity contribution is 6.45. The van der Waals surface area contributed by atoms with Crippen LogP contribution in [0.5, 0.6) is 0 Å². The number of hydrogen-bond donors (Lipinski definition) is 3. The summed E-state index contributed by atoms with van der Waals surface area (Å²) in [5.41, 5.74) is 3.87. The first kappa shape index (κ1) is 27.2. The van der Waals surface area contributed by atoms with Crippen LogP contribution in [-0.2, 0) is 33.9 Å². The molecule has 11 heteroatoms. The maximum Gasteiger partial charge on any atom is 0.248 e. The fraction of sp³-hybridized carbons (Fsp3) is 0.462. The molecule has 9 nitrogen and oxygen atoms in total. The lowest BCUT2D eigenvalue weighted by molar-refractivity contribution is -0.135. The van der Waals surface area contributed by atoms with Gasteiger partial charge in [-0.25, -0.2) is 0 Å². The normalized spacial score (nSPS) is 13.6. The highest BCUT2D eigenvalue weighted by Crippen LogP contribution is 2.41. The van der Waals surface area contributed by atoms with Crippen LogP contribution in [0.3, 0.4) is 0 Å². The van der Waals surface area contributed by atoms with Crippen LogP contribution in [-0.4, -0.2) is 62.6 Å². The predicted octanol–water partition coefficient (Wildman–Crippen LogP) is 3.73. The predicted molar refractivity (Wildman–Crippen MR) is 142 cm³/mol. The number of aldehydes is 1. The molecule has 0 unspecified atom stereocenters. The summed E-state index contributed by atoms with van der Waals surface area (Å²) in [6.45, 7) is 5.19. The van der Waals surface area contributed by atoms with Crippen molar-refractivity contribution in [1.29, 1.82) is 0 Å². The topological polar surface area (TPSA) is 120 Å². The molecule has 0 saturated carbocycles. The molecule has 3 aromatic rings. The van der Waals surface area contributed by atoms with Gasteiger partial charge in [0.1, 0.15) is 12.9 Å². The summed E-state index contributed by atoms with van der Waals surface area (Å²) >= 11 is 13.0. The summed E-state index contributed by atoms with van der Waals surface area (Å²) < 4.78 is 1.75. The van der Waals surface area contributed by atoms with E-state index in [1.165, 1.54) is 0 Å². The van der Waals surface area contributed by atoms with Gasteiger partial charge in [0, 0.05) is 67.3 Å². The molecule has 0 fully saturated rings. The molecule has 2 amide bonds. The van der Waals surface area contributed by atoms with E-state index in [0.29, 0.717) is 73.1 Å². The summed E-state index contributed by atoms with van der Waals surface area (Å²) in [7, 11) is 0. The average Bonchev–Trinajstić information content (AvgIpc) is 3.49. The Bertz CT molecular complexity index is 1330. The van der Waals surface area contributed by atoms with Crippen LogP contribution in [0.25, 0.3) is 22.2 Å². The van der Waals surface area contributed by atoms with E-state index in [1.54, 1.807) is 15.6 Å². The van der Waals surface area contributed by atoms with Crippen LogP contribution in [0, 0.1) is 5.41 Å². The number of rotatable bonds is 10. The van der Waals surface area contributed by atoms with Crippen molar-refractivity contribution in [3.8, 4) is 11.3 Å². The van der Waals surface area contributed by atoms with Crippen LogP contribution < -0.4 is 5.32 Å². The third-order valence-corrected chi connectivity index (χ3v) is 7.58. The summed E-state index contributed by atoms with van der Waals surface area (Å²) in [4.78, 5) is 40.1. The van der Waals surface area contributed by atoms with Crippen LogP contribution in [0.15, 0.2) is 18.3 Å². The number of nitrogens with one attached hydrogen (secondary N) is 2. The molecule has 0 saturated heterocycles. The van der Waals surface area contributed by atoms with E-state index < -0.39 is 6.61 Å². The highest BCUT2D eigenvalue weighted by atomic mass is 35.5. The number of amides is 2. The van der Waals surface area contributed by atoms with Crippen LogP contribution >= 0.6 is 23.2 Å². The Morgan fingerprint density at radius 1 is 1.32 bits per heavy atom. The van der Waals surface area contributed by atoms with Gasteiger partial charge in [0.05, 0.1) is 27.8 Å². The van der Waals surface area contributed by atoms with E-state index in [-0.39, 0.29) is 17.2 Å². The Hall–Kier alpha value is -2.88. The van der Waals surface area contributed by atoms with Crippen molar-refractivity contribution in [2.75, 3.05) is 19.7 Å². The second-order valence-electron chi connectivity index (χ2n) is 10.1. The molecule has 37 heavy (non-hydrogen) atoms. The Kier molecular flexibility index (Phi) is 8.26. The van der Waals surface area contributed by atoms with Crippen LogP contribution in [0.4, 0.5) is 0 Å². The van der Waals surface area contributed by atoms with Gasteiger partial charge in [-0.2, -0.15) is 5.10 Å². The molecule has 2 aromatic heterocycles. The Morgan fingerprint density at radius 2 is 2.11 bits per heavy atom. The molecule has 1 aromatic carbocycles. The van der Waals surface area contributed by atoms with Crippen molar-refractivity contribution in [3.05, 3.63) is 39.6 Å². The number of fused-ring (bicyclic) bond motifs is 3. The highest BCUT2D eigenvalue weighted by Gasteiger charge is 2.27. The first-order valence-corrected chi connectivity index (χ1v) is 13.0. The SMILES string of the molecule is CC(C)(CCC=O)CC(=O)NCCn1ccc(-c2cc(Cl)c(Cl)c3[nH]c4c(c23)CN(C(=O)CO)CC4)n1. The van der Waals surface area contributed by atoms with Crippen molar-refractivity contribution in [3.63, 3.8) is 0 Å². The molecule has 1 aliphatic heterocycles. The van der Waals surface area contributed by atoms with Gasteiger partial charge in [0.25, 0.3) is 0 Å². The number of aromatic nitrogens is 3. The maximum atomic E-state index is 12.4. The number of carbonyl (C=O) groups excluding carboxylic acids is 3. The van der Waals surface area contributed by atoms with Crippen LogP contribution in [0.2, 0.25) is 10.0 Å². The number of halogens is 2.